The zero-order chi connectivity index (χ0) is 18.6. The molecule has 3 atom stereocenters. The van der Waals surface area contributed by atoms with Crippen LogP contribution in [0.5, 0.6) is 5.75 Å². The van der Waals surface area contributed by atoms with E-state index in [9.17, 15) is 9.50 Å². The Hall–Kier alpha value is -1.61. The Morgan fingerprint density at radius 3 is 2.81 bits per heavy atom. The molecule has 0 aliphatic carbocycles. The maximum absolute atomic E-state index is 12.8. The molecular weight excluding hydrogens is 335 g/mol. The molecule has 1 heterocycles. The zero-order valence-corrected chi connectivity index (χ0v) is 15.5. The molecule has 1 aliphatic heterocycles. The van der Waals surface area contributed by atoms with E-state index in [1.165, 1.54) is 18.6 Å². The zero-order valence-electron chi connectivity index (χ0n) is 15.5. The molecule has 5 heteroatoms. The van der Waals surface area contributed by atoms with E-state index in [2.05, 4.69) is 11.8 Å². The second-order valence-corrected chi connectivity index (χ2v) is 6.64. The predicted molar refractivity (Wildman–Crippen MR) is 98.2 cm³/mol. The molecule has 1 N–H and O–H groups in total. The summed E-state index contributed by atoms with van der Waals surface area (Å²) in [5.41, 5.74) is 0. The normalized spacial score (nSPS) is 19.3. The first kappa shape index (κ1) is 20.7. The molecule has 0 saturated carbocycles. The first-order valence-corrected chi connectivity index (χ1v) is 9.41. The third-order valence-electron chi connectivity index (χ3n) is 4.21. The van der Waals surface area contributed by atoms with Gasteiger partial charge in [-0.1, -0.05) is 6.92 Å². The Bertz CT molecular complexity index is 558. The van der Waals surface area contributed by atoms with Crippen molar-refractivity contribution < 1.29 is 23.7 Å². The Kier molecular flexibility index (Phi) is 9.47. The van der Waals surface area contributed by atoms with Crippen LogP contribution in [-0.4, -0.2) is 37.3 Å². The van der Waals surface area contributed by atoms with Gasteiger partial charge in [0.1, 0.15) is 18.2 Å². The summed E-state index contributed by atoms with van der Waals surface area (Å²) < 4.78 is 29.4. The highest BCUT2D eigenvalue weighted by Crippen LogP contribution is 2.14. The van der Waals surface area contributed by atoms with Crippen LogP contribution in [0.1, 0.15) is 45.4 Å². The summed E-state index contributed by atoms with van der Waals surface area (Å²) in [6.45, 7) is 3.63. The Morgan fingerprint density at radius 1 is 1.27 bits per heavy atom. The van der Waals surface area contributed by atoms with E-state index in [0.717, 1.165) is 25.9 Å². The third-order valence-corrected chi connectivity index (χ3v) is 4.21. The van der Waals surface area contributed by atoms with Crippen molar-refractivity contribution in [3.63, 3.8) is 0 Å². The quantitative estimate of drug-likeness (QED) is 0.533. The minimum Gasteiger partial charge on any atom is -0.491 e. The summed E-state index contributed by atoms with van der Waals surface area (Å²) in [5, 5.41) is 9.99. The maximum atomic E-state index is 12.8. The number of hydrogen-bond acceptors (Lipinski definition) is 4. The lowest BCUT2D eigenvalue weighted by Gasteiger charge is -2.22. The molecule has 1 saturated heterocycles. The fourth-order valence-electron chi connectivity index (χ4n) is 2.65. The molecular formula is C21H29FO4. The number of hydrogen-bond donors (Lipinski definition) is 1. The van der Waals surface area contributed by atoms with Crippen LogP contribution < -0.4 is 4.74 Å². The van der Waals surface area contributed by atoms with Crippen molar-refractivity contribution in [1.29, 1.82) is 0 Å². The van der Waals surface area contributed by atoms with Gasteiger partial charge in [-0.15, -0.1) is 11.8 Å². The van der Waals surface area contributed by atoms with Gasteiger partial charge in [0.25, 0.3) is 0 Å². The van der Waals surface area contributed by atoms with Crippen LogP contribution in [0.2, 0.25) is 0 Å². The van der Waals surface area contributed by atoms with Crippen molar-refractivity contribution in [2.45, 2.75) is 57.8 Å². The molecule has 144 valence electrons. The first-order valence-electron chi connectivity index (χ1n) is 9.41. The standard InChI is InChI=1S/C21H29FO4/c1-17(6-2-4-14-24-21-7-3-5-15-25-21)8-11-19(23)16-26-20-12-9-18(22)10-13-20/h9-10,12-13,17,19,21,23H,3-5,7-8,11,14-16H2,1H3/t17?,19-,21?/m0/s1. The smallest absolute Gasteiger partial charge is 0.157 e. The number of aliphatic hydroxyl groups is 1. The molecule has 26 heavy (non-hydrogen) atoms. The summed E-state index contributed by atoms with van der Waals surface area (Å²) in [6, 6.07) is 5.78. The largest absolute Gasteiger partial charge is 0.491 e. The van der Waals surface area contributed by atoms with E-state index < -0.39 is 6.10 Å². The van der Waals surface area contributed by atoms with Crippen LogP contribution in [0.4, 0.5) is 4.39 Å². The van der Waals surface area contributed by atoms with E-state index in [1.807, 2.05) is 6.92 Å². The van der Waals surface area contributed by atoms with E-state index in [4.69, 9.17) is 14.2 Å². The number of aliphatic hydroxyl groups excluding tert-OH is 1. The topological polar surface area (TPSA) is 47.9 Å². The van der Waals surface area contributed by atoms with E-state index in [-0.39, 0.29) is 24.6 Å². The van der Waals surface area contributed by atoms with Gasteiger partial charge in [0, 0.05) is 18.9 Å². The van der Waals surface area contributed by atoms with Gasteiger partial charge in [-0.25, -0.2) is 4.39 Å². The van der Waals surface area contributed by atoms with Crippen molar-refractivity contribution >= 4 is 0 Å². The lowest BCUT2D eigenvalue weighted by Crippen LogP contribution is -2.22. The molecule has 0 radical (unpaired) electrons. The monoisotopic (exact) mass is 364 g/mol. The van der Waals surface area contributed by atoms with Crippen LogP contribution in [0, 0.1) is 23.6 Å². The van der Waals surface area contributed by atoms with Gasteiger partial charge in [0.15, 0.2) is 6.29 Å². The van der Waals surface area contributed by atoms with Gasteiger partial charge in [0.2, 0.25) is 0 Å². The maximum Gasteiger partial charge on any atom is 0.157 e. The van der Waals surface area contributed by atoms with Crippen molar-refractivity contribution in [3.05, 3.63) is 30.1 Å². The average Bonchev–Trinajstić information content (AvgIpc) is 2.66. The molecule has 0 spiro atoms. The van der Waals surface area contributed by atoms with Crippen LogP contribution >= 0.6 is 0 Å². The average molecular weight is 364 g/mol. The highest BCUT2D eigenvalue weighted by molar-refractivity contribution is 5.22. The molecule has 2 unspecified atom stereocenters. The first-order chi connectivity index (χ1) is 12.6. The van der Waals surface area contributed by atoms with Crippen molar-refractivity contribution in [2.75, 3.05) is 19.8 Å². The van der Waals surface area contributed by atoms with Crippen molar-refractivity contribution in [2.24, 2.45) is 5.92 Å². The molecule has 1 aliphatic rings. The number of benzene rings is 1. The van der Waals surface area contributed by atoms with Gasteiger partial charge >= 0.3 is 0 Å². The highest BCUT2D eigenvalue weighted by Gasteiger charge is 2.13. The summed E-state index contributed by atoms with van der Waals surface area (Å²) >= 11 is 0. The second-order valence-electron chi connectivity index (χ2n) is 6.64. The summed E-state index contributed by atoms with van der Waals surface area (Å²) in [7, 11) is 0. The fourth-order valence-corrected chi connectivity index (χ4v) is 2.65. The van der Waals surface area contributed by atoms with Crippen LogP contribution in [-0.2, 0) is 9.47 Å². The highest BCUT2D eigenvalue weighted by atomic mass is 19.1. The molecule has 2 rings (SSSR count). The van der Waals surface area contributed by atoms with E-state index in [1.54, 1.807) is 12.1 Å². The van der Waals surface area contributed by atoms with Gasteiger partial charge in [-0.3, -0.25) is 0 Å². The molecule has 1 fully saturated rings. The molecule has 0 bridgehead atoms. The Balaban J connectivity index is 1.53. The van der Waals surface area contributed by atoms with E-state index >= 15 is 0 Å². The molecule has 0 aromatic heterocycles. The number of halogens is 1. The lowest BCUT2D eigenvalue weighted by atomic mass is 10.0. The SMILES string of the molecule is CC(C#CCCOC1CCCCO1)CC[C@H](O)COc1ccc(F)cc1. The van der Waals surface area contributed by atoms with Gasteiger partial charge in [-0.05, 0) is 56.4 Å². The van der Waals surface area contributed by atoms with Crippen LogP contribution in [0.3, 0.4) is 0 Å². The summed E-state index contributed by atoms with van der Waals surface area (Å²) in [4.78, 5) is 0. The minimum atomic E-state index is -0.559. The van der Waals surface area contributed by atoms with Gasteiger partial charge in [-0.2, -0.15) is 0 Å². The molecule has 0 amide bonds. The van der Waals surface area contributed by atoms with Crippen molar-refractivity contribution in [3.8, 4) is 17.6 Å². The molecule has 1 aromatic carbocycles. The molecule has 4 nitrogen and oxygen atoms in total. The fraction of sp³-hybridized carbons (Fsp3) is 0.619. The Labute approximate surface area is 155 Å². The molecule has 1 aromatic rings. The second kappa shape index (κ2) is 11.9. The van der Waals surface area contributed by atoms with Crippen LogP contribution in [0.25, 0.3) is 0 Å². The van der Waals surface area contributed by atoms with Gasteiger partial charge in [0.05, 0.1) is 12.7 Å². The third kappa shape index (κ3) is 8.66. The van der Waals surface area contributed by atoms with Crippen molar-refractivity contribution in [1.82, 2.24) is 0 Å². The van der Waals surface area contributed by atoms with E-state index in [0.29, 0.717) is 25.2 Å². The Morgan fingerprint density at radius 2 is 2.08 bits per heavy atom. The minimum absolute atomic E-state index is 0.0563. The lowest BCUT2D eigenvalue weighted by molar-refractivity contribution is -0.161. The van der Waals surface area contributed by atoms with Crippen LogP contribution in [0.15, 0.2) is 24.3 Å². The van der Waals surface area contributed by atoms with Gasteiger partial charge < -0.3 is 19.3 Å². The predicted octanol–water partition coefficient (Wildman–Crippen LogP) is 3.92. The summed E-state index contributed by atoms with van der Waals surface area (Å²) in [6.07, 6.45) is 4.76. The number of rotatable bonds is 9. The summed E-state index contributed by atoms with van der Waals surface area (Å²) in [5.74, 6) is 6.79. The number of ether oxygens (including phenoxy) is 3.